The summed E-state index contributed by atoms with van der Waals surface area (Å²) in [6, 6.07) is 12.7. The molecule has 5 rings (SSSR count). The number of aliphatic hydroxyl groups excluding tert-OH is 1. The molecular formula is C32H42N6O. The molecule has 1 aliphatic rings. The molecule has 0 saturated carbocycles. The number of anilines is 1. The number of hydrogen-bond donors (Lipinski definition) is 2. The van der Waals surface area contributed by atoms with E-state index in [4.69, 9.17) is 5.11 Å². The van der Waals surface area contributed by atoms with Gasteiger partial charge in [0.05, 0.1) is 35.2 Å². The van der Waals surface area contributed by atoms with Crippen molar-refractivity contribution in [1.29, 1.82) is 0 Å². The predicted molar refractivity (Wildman–Crippen MR) is 161 cm³/mol. The van der Waals surface area contributed by atoms with Crippen molar-refractivity contribution in [2.24, 2.45) is 5.73 Å². The molecule has 0 atom stereocenters. The maximum atomic E-state index is 7.35. The molecule has 7 heteroatoms. The van der Waals surface area contributed by atoms with E-state index in [2.05, 4.69) is 109 Å². The third-order valence-corrected chi connectivity index (χ3v) is 6.80. The van der Waals surface area contributed by atoms with Crippen molar-refractivity contribution in [2.75, 3.05) is 18.7 Å². The van der Waals surface area contributed by atoms with E-state index in [-0.39, 0.29) is 6.73 Å². The van der Waals surface area contributed by atoms with E-state index in [1.165, 1.54) is 33.5 Å². The lowest BCUT2D eigenvalue weighted by molar-refractivity contribution is 0.307. The van der Waals surface area contributed by atoms with E-state index in [9.17, 15) is 0 Å². The van der Waals surface area contributed by atoms with Crippen molar-refractivity contribution in [3.05, 3.63) is 89.3 Å². The van der Waals surface area contributed by atoms with Gasteiger partial charge in [-0.1, -0.05) is 58.9 Å². The summed E-state index contributed by atoms with van der Waals surface area (Å²) in [7, 11) is 2.13. The summed E-state index contributed by atoms with van der Waals surface area (Å²) in [5, 5.41) is 7.35. The molecule has 3 aromatic heterocycles. The summed E-state index contributed by atoms with van der Waals surface area (Å²) in [5.74, 6) is 0.958. The van der Waals surface area contributed by atoms with E-state index >= 15 is 0 Å². The number of benzene rings is 1. The van der Waals surface area contributed by atoms with Crippen LogP contribution in [0, 0.1) is 6.92 Å². The Morgan fingerprint density at radius 1 is 0.846 bits per heavy atom. The molecule has 39 heavy (non-hydrogen) atoms. The molecule has 0 spiro atoms. The number of nitrogens with zero attached hydrogens (tertiary/aromatic N) is 5. The van der Waals surface area contributed by atoms with Gasteiger partial charge in [0.1, 0.15) is 0 Å². The maximum Gasteiger partial charge on any atom is 0.0919 e. The molecule has 0 bridgehead atoms. The van der Waals surface area contributed by atoms with Crippen LogP contribution in [0.15, 0.2) is 61.2 Å². The van der Waals surface area contributed by atoms with Crippen molar-refractivity contribution in [3.63, 3.8) is 0 Å². The van der Waals surface area contributed by atoms with E-state index < -0.39 is 0 Å². The zero-order chi connectivity index (χ0) is 28.5. The van der Waals surface area contributed by atoms with Crippen LogP contribution in [0.25, 0.3) is 22.5 Å². The Morgan fingerprint density at radius 2 is 1.54 bits per heavy atom. The van der Waals surface area contributed by atoms with Crippen LogP contribution in [0.2, 0.25) is 0 Å². The molecule has 3 N–H and O–H groups in total. The fraction of sp³-hybridized carbons (Fsp3) is 0.375. The van der Waals surface area contributed by atoms with Gasteiger partial charge in [0.15, 0.2) is 0 Å². The summed E-state index contributed by atoms with van der Waals surface area (Å²) in [6.07, 6.45) is 8.21. The van der Waals surface area contributed by atoms with E-state index in [1.807, 2.05) is 18.5 Å². The standard InChI is InChI=1S/C16H20N2.C15H17N3.CH5NO/c1-5-15-16(18-10-9-17-15)14-8-6-7-13(11(2)3)12(14)4;1-10(2)13-15-12(6-8-17-13)14-11(9-18(15)3)5-4-7-16-14;2-1-3/h6-11H,5H2,1-4H3;4-8,10H,9H2,1-3H3;3H,1-2H2. The Bertz CT molecular complexity index is 1370. The molecule has 206 valence electrons. The highest BCUT2D eigenvalue weighted by Crippen LogP contribution is 2.40. The predicted octanol–water partition coefficient (Wildman–Crippen LogP) is 6.25. The quantitative estimate of drug-likeness (QED) is 0.303. The average molecular weight is 527 g/mol. The Kier molecular flexibility index (Phi) is 10.7. The number of pyridine rings is 2. The first-order chi connectivity index (χ1) is 18.7. The number of nitrogens with two attached hydrogens (primary N) is 1. The molecule has 1 aliphatic heterocycles. The van der Waals surface area contributed by atoms with Crippen LogP contribution in [0.1, 0.15) is 74.5 Å². The molecule has 0 fully saturated rings. The third kappa shape index (κ3) is 6.85. The maximum absolute atomic E-state index is 7.35. The first kappa shape index (κ1) is 29.9. The highest BCUT2D eigenvalue weighted by molar-refractivity contribution is 5.82. The largest absolute Gasteiger partial charge is 0.382 e. The second-order valence-corrected chi connectivity index (χ2v) is 10.2. The second kappa shape index (κ2) is 13.9. The van der Waals surface area contributed by atoms with Crippen molar-refractivity contribution >= 4 is 5.69 Å². The van der Waals surface area contributed by atoms with Crippen LogP contribution in [0.5, 0.6) is 0 Å². The van der Waals surface area contributed by atoms with Crippen molar-refractivity contribution < 1.29 is 5.11 Å². The smallest absolute Gasteiger partial charge is 0.0919 e. The van der Waals surface area contributed by atoms with Gasteiger partial charge in [0.2, 0.25) is 0 Å². The minimum absolute atomic E-state index is 0.250. The number of aromatic nitrogens is 4. The van der Waals surface area contributed by atoms with Crippen LogP contribution >= 0.6 is 0 Å². The lowest BCUT2D eigenvalue weighted by Crippen LogP contribution is -2.24. The second-order valence-electron chi connectivity index (χ2n) is 10.2. The third-order valence-electron chi connectivity index (χ3n) is 6.80. The van der Waals surface area contributed by atoms with Crippen LogP contribution in [-0.4, -0.2) is 38.8 Å². The van der Waals surface area contributed by atoms with Crippen LogP contribution in [-0.2, 0) is 13.0 Å². The van der Waals surface area contributed by atoms with Crippen LogP contribution < -0.4 is 10.6 Å². The zero-order valence-electron chi connectivity index (χ0n) is 24.3. The highest BCUT2D eigenvalue weighted by Gasteiger charge is 2.24. The molecule has 4 aromatic rings. The van der Waals surface area contributed by atoms with Crippen LogP contribution in [0.3, 0.4) is 0 Å². The van der Waals surface area contributed by atoms with Gasteiger partial charge < -0.3 is 15.7 Å². The molecule has 0 amide bonds. The molecule has 7 nitrogen and oxygen atoms in total. The van der Waals surface area contributed by atoms with Gasteiger partial charge in [-0.25, -0.2) is 0 Å². The zero-order valence-corrected chi connectivity index (χ0v) is 24.3. The van der Waals surface area contributed by atoms with E-state index in [1.54, 1.807) is 12.4 Å². The topological polar surface area (TPSA) is 101 Å². The minimum atomic E-state index is -0.250. The number of hydrogen-bond acceptors (Lipinski definition) is 7. The Balaban J connectivity index is 0.000000196. The van der Waals surface area contributed by atoms with Gasteiger partial charge in [-0.2, -0.15) is 0 Å². The van der Waals surface area contributed by atoms with Crippen molar-refractivity contribution in [2.45, 2.75) is 66.3 Å². The monoisotopic (exact) mass is 526 g/mol. The number of fused-ring (bicyclic) bond motifs is 3. The van der Waals surface area contributed by atoms with Crippen molar-refractivity contribution in [1.82, 2.24) is 19.9 Å². The SMILES string of the molecule is CC(C)c1nccc2c1N(C)Cc1cccnc1-2.CCc1nccnc1-c1cccc(C(C)C)c1C.NCO. The van der Waals surface area contributed by atoms with E-state index in [0.717, 1.165) is 35.7 Å². The summed E-state index contributed by atoms with van der Waals surface area (Å²) >= 11 is 0. The Morgan fingerprint density at radius 3 is 2.21 bits per heavy atom. The molecular weight excluding hydrogens is 484 g/mol. The Hall–Kier alpha value is -3.68. The van der Waals surface area contributed by atoms with Gasteiger partial charge in [0, 0.05) is 49.5 Å². The fourth-order valence-electron chi connectivity index (χ4n) is 5.01. The van der Waals surface area contributed by atoms with Gasteiger partial charge in [0.25, 0.3) is 0 Å². The fourth-order valence-corrected chi connectivity index (χ4v) is 5.01. The summed E-state index contributed by atoms with van der Waals surface area (Å²) in [6.45, 7) is 13.8. The number of rotatable bonds is 4. The van der Waals surface area contributed by atoms with Crippen LogP contribution in [0.4, 0.5) is 5.69 Å². The lowest BCUT2D eigenvalue weighted by atomic mass is 9.92. The van der Waals surface area contributed by atoms with Crippen molar-refractivity contribution in [3.8, 4) is 22.5 Å². The average Bonchev–Trinajstić information content (AvgIpc) is 2.93. The van der Waals surface area contributed by atoms with Gasteiger partial charge in [-0.05, 0) is 54.0 Å². The first-order valence-electron chi connectivity index (χ1n) is 13.6. The highest BCUT2D eigenvalue weighted by atomic mass is 16.3. The lowest BCUT2D eigenvalue weighted by Gasteiger charge is -2.31. The number of aryl methyl sites for hydroxylation is 1. The number of aliphatic hydroxyl groups is 1. The molecule has 4 heterocycles. The molecule has 1 aromatic carbocycles. The van der Waals surface area contributed by atoms with Gasteiger partial charge in [-0.3, -0.25) is 19.9 Å². The van der Waals surface area contributed by atoms with Gasteiger partial charge in [-0.15, -0.1) is 0 Å². The summed E-state index contributed by atoms with van der Waals surface area (Å²) in [4.78, 5) is 20.3. The molecule has 0 radical (unpaired) electrons. The Labute approximate surface area is 233 Å². The summed E-state index contributed by atoms with van der Waals surface area (Å²) < 4.78 is 0. The summed E-state index contributed by atoms with van der Waals surface area (Å²) in [5.41, 5.74) is 16.4. The van der Waals surface area contributed by atoms with Gasteiger partial charge >= 0.3 is 0 Å². The van der Waals surface area contributed by atoms with E-state index in [0.29, 0.717) is 11.8 Å². The molecule has 0 unspecified atom stereocenters. The molecule has 0 aliphatic carbocycles. The normalized spacial score (nSPS) is 11.7. The first-order valence-corrected chi connectivity index (χ1v) is 13.6. The minimum Gasteiger partial charge on any atom is -0.382 e. The molecule has 0 saturated heterocycles.